The first-order valence-corrected chi connectivity index (χ1v) is 11.3. The maximum atomic E-state index is 13.9. The van der Waals surface area contributed by atoms with Crippen molar-refractivity contribution in [1.82, 2.24) is 4.90 Å². The molecule has 31 heavy (non-hydrogen) atoms. The average Bonchev–Trinajstić information content (AvgIpc) is 2.83. The van der Waals surface area contributed by atoms with E-state index in [0.717, 1.165) is 28.9 Å². The third-order valence-corrected chi connectivity index (χ3v) is 5.67. The van der Waals surface area contributed by atoms with Crippen molar-refractivity contribution in [2.45, 2.75) is 53.1 Å². The number of hydrogen-bond donors (Lipinski definition) is 0. The summed E-state index contributed by atoms with van der Waals surface area (Å²) < 4.78 is 12.1. The molecule has 168 valence electrons. The molecule has 1 aliphatic rings. The van der Waals surface area contributed by atoms with Crippen LogP contribution in [0.3, 0.4) is 0 Å². The molecular weight excluding hydrogens is 388 g/mol. The van der Waals surface area contributed by atoms with Crippen molar-refractivity contribution in [3.8, 4) is 11.5 Å². The monoisotopic (exact) mass is 424 g/mol. The van der Waals surface area contributed by atoms with E-state index in [9.17, 15) is 4.79 Å². The predicted molar refractivity (Wildman–Crippen MR) is 127 cm³/mol. The van der Waals surface area contributed by atoms with Gasteiger partial charge in [-0.15, -0.1) is 0 Å². The first-order valence-electron chi connectivity index (χ1n) is 11.3. The lowest BCUT2D eigenvalue weighted by molar-refractivity contribution is 0.0985. The van der Waals surface area contributed by atoms with Gasteiger partial charge < -0.3 is 19.3 Å². The smallest absolute Gasteiger partial charge is 0.262 e. The van der Waals surface area contributed by atoms with E-state index < -0.39 is 0 Å². The lowest BCUT2D eigenvalue weighted by Crippen LogP contribution is -2.36. The van der Waals surface area contributed by atoms with Crippen molar-refractivity contribution in [2.75, 3.05) is 38.7 Å². The molecule has 0 N–H and O–H groups in total. The molecule has 0 unspecified atom stereocenters. The van der Waals surface area contributed by atoms with Crippen molar-refractivity contribution < 1.29 is 14.3 Å². The fourth-order valence-electron chi connectivity index (χ4n) is 3.77. The van der Waals surface area contributed by atoms with Gasteiger partial charge in [0.2, 0.25) is 0 Å². The van der Waals surface area contributed by atoms with Gasteiger partial charge in [-0.1, -0.05) is 39.8 Å². The zero-order valence-electron chi connectivity index (χ0n) is 20.0. The van der Waals surface area contributed by atoms with Crippen molar-refractivity contribution in [3.63, 3.8) is 0 Å². The third-order valence-electron chi connectivity index (χ3n) is 5.67. The van der Waals surface area contributed by atoms with Crippen molar-refractivity contribution in [3.05, 3.63) is 52.6 Å². The van der Waals surface area contributed by atoms with Gasteiger partial charge in [0.15, 0.2) is 5.75 Å². The van der Waals surface area contributed by atoms with E-state index in [1.807, 2.05) is 50.2 Å². The molecule has 2 aromatic rings. The fourth-order valence-corrected chi connectivity index (χ4v) is 3.77. The summed E-state index contributed by atoms with van der Waals surface area (Å²) in [5.41, 5.74) is 4.73. The number of fused-ring (bicyclic) bond motifs is 2. The number of carbonyl (C=O) groups is 1. The lowest BCUT2D eigenvalue weighted by Gasteiger charge is -2.24. The molecule has 0 bridgehead atoms. The number of amides is 1. The van der Waals surface area contributed by atoms with Crippen LogP contribution in [-0.4, -0.2) is 44.6 Å². The molecule has 1 aliphatic heterocycles. The highest BCUT2D eigenvalue weighted by Gasteiger charge is 2.31. The molecule has 2 aromatic carbocycles. The molecule has 5 heteroatoms. The number of anilines is 1. The van der Waals surface area contributed by atoms with Crippen LogP contribution in [0, 0.1) is 0 Å². The number of carbonyl (C=O) groups excluding carboxylic acids is 1. The van der Waals surface area contributed by atoms with Gasteiger partial charge in [-0.2, -0.15) is 0 Å². The maximum Gasteiger partial charge on any atom is 0.262 e. The van der Waals surface area contributed by atoms with Crippen LogP contribution in [-0.2, 0) is 11.3 Å². The van der Waals surface area contributed by atoms with E-state index in [1.165, 1.54) is 0 Å². The molecule has 1 amide bonds. The van der Waals surface area contributed by atoms with Crippen molar-refractivity contribution in [2.24, 2.45) is 0 Å². The fraction of sp³-hybridized carbons (Fsp3) is 0.500. The van der Waals surface area contributed by atoms with Crippen LogP contribution in [0.2, 0.25) is 0 Å². The molecule has 5 nitrogen and oxygen atoms in total. The Balaban J connectivity index is 2.18. The summed E-state index contributed by atoms with van der Waals surface area (Å²) in [6.45, 7) is 13.1. The second-order valence-corrected chi connectivity index (χ2v) is 9.10. The molecule has 0 spiro atoms. The number of hydrogen-bond acceptors (Lipinski definition) is 4. The summed E-state index contributed by atoms with van der Waals surface area (Å²) in [7, 11) is 4.04. The Kier molecular flexibility index (Phi) is 7.39. The van der Waals surface area contributed by atoms with E-state index in [2.05, 4.69) is 38.7 Å². The topological polar surface area (TPSA) is 42.0 Å². The number of ether oxygens (including phenoxy) is 2. The first kappa shape index (κ1) is 23.3. The molecule has 0 aromatic heterocycles. The number of benzene rings is 2. The summed E-state index contributed by atoms with van der Waals surface area (Å²) in [5.74, 6) is 1.97. The number of likely N-dealkylation sites (N-methyl/N-ethyl adjacent to an activating group) is 1. The number of rotatable bonds is 8. The lowest BCUT2D eigenvalue weighted by atomic mass is 9.91. The van der Waals surface area contributed by atoms with Crippen molar-refractivity contribution >= 4 is 11.6 Å². The van der Waals surface area contributed by atoms with Gasteiger partial charge in [-0.05, 0) is 67.7 Å². The van der Waals surface area contributed by atoms with Crippen LogP contribution in [0.25, 0.3) is 0 Å². The van der Waals surface area contributed by atoms with E-state index in [4.69, 9.17) is 9.47 Å². The van der Waals surface area contributed by atoms with Crippen LogP contribution >= 0.6 is 0 Å². The van der Waals surface area contributed by atoms with Gasteiger partial charge in [-0.3, -0.25) is 4.79 Å². The quantitative estimate of drug-likeness (QED) is 0.538. The van der Waals surface area contributed by atoms with Gasteiger partial charge >= 0.3 is 0 Å². The Hall–Kier alpha value is -2.37. The van der Waals surface area contributed by atoms with Gasteiger partial charge in [-0.25, -0.2) is 0 Å². The van der Waals surface area contributed by atoms with Crippen LogP contribution < -0.4 is 9.64 Å². The molecule has 0 aliphatic carbocycles. The predicted octanol–water partition coefficient (Wildman–Crippen LogP) is 5.78. The molecule has 3 rings (SSSR count). The highest BCUT2D eigenvalue weighted by atomic mass is 16.5. The maximum absolute atomic E-state index is 13.9. The Bertz CT molecular complexity index is 934. The van der Waals surface area contributed by atoms with Crippen LogP contribution in [0.4, 0.5) is 5.69 Å². The Morgan fingerprint density at radius 3 is 2.42 bits per heavy atom. The summed E-state index contributed by atoms with van der Waals surface area (Å²) in [5, 5.41) is 0. The zero-order chi connectivity index (χ0) is 22.7. The minimum absolute atomic E-state index is 0.00596. The molecule has 1 heterocycles. The normalized spacial score (nSPS) is 13.5. The summed E-state index contributed by atoms with van der Waals surface area (Å²) >= 11 is 0. The Morgan fingerprint density at radius 1 is 1.06 bits per heavy atom. The Labute approximate surface area is 187 Å². The van der Waals surface area contributed by atoms with Crippen LogP contribution in [0.5, 0.6) is 11.5 Å². The number of nitrogens with zero attached hydrogens (tertiary/aromatic N) is 2. The van der Waals surface area contributed by atoms with E-state index >= 15 is 0 Å². The standard InChI is InChI=1S/C26H36N2O3/c1-8-30-16-19-9-10-24-23(13-19)28(12-11-27(6)7)26(29)22-15-20(17(2)3)14-21(18(4)5)25(22)31-24/h9-10,13-15,17-18H,8,11-12,16H2,1-7H3. The molecule has 0 atom stereocenters. The van der Waals surface area contributed by atoms with Crippen LogP contribution in [0.1, 0.15) is 73.5 Å². The minimum atomic E-state index is -0.00596. The summed E-state index contributed by atoms with van der Waals surface area (Å²) in [4.78, 5) is 17.8. The van der Waals surface area contributed by atoms with Gasteiger partial charge in [0.25, 0.3) is 5.91 Å². The van der Waals surface area contributed by atoms with E-state index in [1.54, 1.807) is 0 Å². The van der Waals surface area contributed by atoms with E-state index in [-0.39, 0.29) is 11.8 Å². The SMILES string of the molecule is CCOCc1ccc2c(c1)N(CCN(C)C)C(=O)c1cc(C(C)C)cc(C(C)C)c1O2. The van der Waals surface area contributed by atoms with Gasteiger partial charge in [0.05, 0.1) is 17.9 Å². The third kappa shape index (κ3) is 5.10. The summed E-state index contributed by atoms with van der Waals surface area (Å²) in [6, 6.07) is 10.2. The molecular formula is C26H36N2O3. The first-order chi connectivity index (χ1) is 14.7. The van der Waals surface area contributed by atoms with E-state index in [0.29, 0.717) is 42.7 Å². The Morgan fingerprint density at radius 2 is 1.81 bits per heavy atom. The zero-order valence-corrected chi connectivity index (χ0v) is 20.0. The van der Waals surface area contributed by atoms with Gasteiger partial charge in [0.1, 0.15) is 5.75 Å². The largest absolute Gasteiger partial charge is 0.454 e. The highest BCUT2D eigenvalue weighted by molar-refractivity contribution is 6.10. The molecule has 0 saturated heterocycles. The second kappa shape index (κ2) is 9.84. The van der Waals surface area contributed by atoms with Crippen LogP contribution in [0.15, 0.2) is 30.3 Å². The highest BCUT2D eigenvalue weighted by Crippen LogP contribution is 2.44. The molecule has 0 fully saturated rings. The minimum Gasteiger partial charge on any atom is -0.454 e. The summed E-state index contributed by atoms with van der Waals surface area (Å²) in [6.07, 6.45) is 0. The average molecular weight is 425 g/mol. The molecule has 0 radical (unpaired) electrons. The molecule has 0 saturated carbocycles. The van der Waals surface area contributed by atoms with Gasteiger partial charge in [0, 0.05) is 19.7 Å². The second-order valence-electron chi connectivity index (χ2n) is 9.10. The van der Waals surface area contributed by atoms with Crippen molar-refractivity contribution in [1.29, 1.82) is 0 Å².